The monoisotopic (exact) mass is 133 g/mol. The Morgan fingerprint density at radius 1 is 2.00 bits per heavy atom. The van der Waals surface area contributed by atoms with E-state index in [0.717, 1.165) is 6.21 Å². The van der Waals surface area contributed by atoms with Gasteiger partial charge in [0.25, 0.3) is 5.78 Å². The van der Waals surface area contributed by atoms with Crippen molar-refractivity contribution in [3.8, 4) is 0 Å². The van der Waals surface area contributed by atoms with Gasteiger partial charge in [-0.05, 0) is 0 Å². The number of hydrogen-bond acceptors (Lipinski definition) is 3. The maximum atomic E-state index is 10.2. The van der Waals surface area contributed by atoms with Crippen LogP contribution in [0.3, 0.4) is 0 Å². The molecule has 0 aromatic heterocycles. The summed E-state index contributed by atoms with van der Waals surface area (Å²) in [6, 6.07) is 0. The van der Waals surface area contributed by atoms with E-state index in [9.17, 15) is 4.79 Å². The minimum atomic E-state index is -0.310. The minimum Gasteiger partial charge on any atom is -0.357 e. The van der Waals surface area contributed by atoms with Crippen LogP contribution < -0.4 is 0 Å². The molecule has 5 heteroatoms. The van der Waals surface area contributed by atoms with E-state index in [1.54, 1.807) is 0 Å². The van der Waals surface area contributed by atoms with Crippen molar-refractivity contribution in [3.63, 3.8) is 0 Å². The quantitative estimate of drug-likeness (QED) is 0.248. The fourth-order valence-corrected chi connectivity index (χ4v) is 0.356. The third-order valence-corrected chi connectivity index (χ3v) is 0.601. The Kier molecular flexibility index (Phi) is 4.27. The van der Waals surface area contributed by atoms with Gasteiger partial charge in [-0.3, -0.25) is 4.79 Å². The number of nitrogens with zero attached hydrogens (tertiary/aromatic N) is 1. The molecule has 0 heterocycles. The molecule has 0 radical (unpaired) electrons. The number of carbonyl (C=O) groups excluding carboxylic acids is 1. The van der Waals surface area contributed by atoms with Gasteiger partial charge in [0.2, 0.25) is 0 Å². The van der Waals surface area contributed by atoms with Crippen molar-refractivity contribution in [1.82, 2.24) is 0 Å². The summed E-state index contributed by atoms with van der Waals surface area (Å²) in [5, 5.41) is 0. The Balaban J connectivity index is 3.49. The van der Waals surface area contributed by atoms with Gasteiger partial charge in [0.05, 0.1) is 10.3 Å². The lowest BCUT2D eigenvalue weighted by molar-refractivity contribution is -0.132. The summed E-state index contributed by atoms with van der Waals surface area (Å²) in [5.74, 6) is -0.310. The Labute approximate surface area is 48.7 Å². The zero-order valence-electron chi connectivity index (χ0n) is 4.13. The summed E-state index contributed by atoms with van der Waals surface area (Å²) >= 11 is 0. The predicted octanol–water partition coefficient (Wildman–Crippen LogP) is -0.328. The van der Waals surface area contributed by atoms with Crippen LogP contribution in [0.15, 0.2) is 0 Å². The van der Waals surface area contributed by atoms with Crippen molar-refractivity contribution in [2.75, 3.05) is 6.61 Å². The first kappa shape index (κ1) is 7.44. The molecule has 0 rings (SSSR count). The molecule has 0 saturated heterocycles. The number of carbonyl (C=O) groups is 1. The highest BCUT2D eigenvalue weighted by Gasteiger charge is 2.00. The zero-order chi connectivity index (χ0) is 6.41. The molecule has 0 fully saturated rings. The van der Waals surface area contributed by atoms with Crippen molar-refractivity contribution in [2.45, 2.75) is 0 Å². The number of nitrogens with one attached hydrogen (secondary N) is 1. The van der Waals surface area contributed by atoms with E-state index in [1.807, 2.05) is 9.47 Å². The highest BCUT2D eigenvalue weighted by Crippen LogP contribution is 1.81. The summed E-state index contributed by atoms with van der Waals surface area (Å²) in [5.41, 5.74) is 6.20. The predicted molar refractivity (Wildman–Crippen MR) is 29.7 cm³/mol. The molecule has 8 heavy (non-hydrogen) atoms. The summed E-state index contributed by atoms with van der Waals surface area (Å²) < 4.78 is 4.35. The van der Waals surface area contributed by atoms with Crippen LogP contribution in [0.5, 0.6) is 0 Å². The standard InChI is InChI=1S/C3H6N2O2P/c4-5-1-3(6)2-7-8/h1,4H,2,8H2/q+1. The van der Waals surface area contributed by atoms with Gasteiger partial charge in [-0.2, -0.15) is 0 Å². The zero-order valence-corrected chi connectivity index (χ0v) is 5.28. The molecule has 0 spiro atoms. The van der Waals surface area contributed by atoms with Crippen LogP contribution in [0.4, 0.5) is 0 Å². The van der Waals surface area contributed by atoms with Gasteiger partial charge in [0, 0.05) is 9.47 Å². The lowest BCUT2D eigenvalue weighted by Gasteiger charge is -1.81. The molecule has 0 aliphatic carbocycles. The summed E-state index contributed by atoms with van der Waals surface area (Å²) in [6.45, 7) is -0.0347. The minimum absolute atomic E-state index is 0.0347. The second kappa shape index (κ2) is 4.60. The fraction of sp³-hybridized carbons (Fsp3) is 0.333. The maximum absolute atomic E-state index is 10.2. The van der Waals surface area contributed by atoms with E-state index in [-0.39, 0.29) is 12.4 Å². The van der Waals surface area contributed by atoms with Gasteiger partial charge in [-0.15, -0.1) is 0 Å². The van der Waals surface area contributed by atoms with E-state index >= 15 is 0 Å². The van der Waals surface area contributed by atoms with Crippen molar-refractivity contribution in [1.29, 1.82) is 5.53 Å². The molecule has 1 atom stereocenters. The average molecular weight is 133 g/mol. The van der Waals surface area contributed by atoms with Crippen LogP contribution in [0.1, 0.15) is 0 Å². The van der Waals surface area contributed by atoms with Crippen molar-refractivity contribution >= 4 is 21.5 Å². The molecule has 0 aliphatic rings. The van der Waals surface area contributed by atoms with Crippen molar-refractivity contribution in [2.24, 2.45) is 0 Å². The SMILES string of the molecule is N=[N+]=CC(=O)COP. The second-order valence-electron chi connectivity index (χ2n) is 1.04. The molecule has 1 N–H and O–H groups in total. The lowest BCUT2D eigenvalue weighted by atomic mass is 10.5. The van der Waals surface area contributed by atoms with E-state index in [2.05, 4.69) is 9.31 Å². The number of rotatable bonds is 3. The van der Waals surface area contributed by atoms with Crippen molar-refractivity contribution in [3.05, 3.63) is 0 Å². The summed E-state index contributed by atoms with van der Waals surface area (Å²) in [7, 11) is 1.93. The Morgan fingerprint density at radius 2 is 2.62 bits per heavy atom. The molecule has 0 bridgehead atoms. The van der Waals surface area contributed by atoms with E-state index in [4.69, 9.17) is 5.53 Å². The average Bonchev–Trinajstić information content (AvgIpc) is 1.68. The van der Waals surface area contributed by atoms with E-state index in [0.29, 0.717) is 0 Å². The van der Waals surface area contributed by atoms with Gasteiger partial charge in [-0.25, -0.2) is 0 Å². The molecule has 1 unspecified atom stereocenters. The highest BCUT2D eigenvalue weighted by atomic mass is 31.0. The Hall–Kier alpha value is -0.560. The first-order valence-corrected chi connectivity index (χ1v) is 2.32. The van der Waals surface area contributed by atoms with Gasteiger partial charge in [0.1, 0.15) is 6.61 Å². The molecule has 0 saturated carbocycles. The highest BCUT2D eigenvalue weighted by molar-refractivity contribution is 7.09. The van der Waals surface area contributed by atoms with Crippen LogP contribution >= 0.6 is 9.47 Å². The van der Waals surface area contributed by atoms with Crippen LogP contribution in [-0.4, -0.2) is 23.4 Å². The van der Waals surface area contributed by atoms with Crippen LogP contribution in [0.25, 0.3) is 0 Å². The van der Waals surface area contributed by atoms with Gasteiger partial charge in [-0.1, -0.05) is 0 Å². The van der Waals surface area contributed by atoms with Crippen molar-refractivity contribution < 1.29 is 14.1 Å². The van der Waals surface area contributed by atoms with E-state index in [1.165, 1.54) is 0 Å². The number of ketones is 1. The summed E-state index contributed by atoms with van der Waals surface area (Å²) in [4.78, 5) is 13.0. The number of Topliss-reactive ketones (excluding diaryl/α,β-unsaturated/α-hetero) is 1. The normalized spacial score (nSPS) is 7.62. The van der Waals surface area contributed by atoms with Crippen LogP contribution in [0, 0.1) is 5.53 Å². The van der Waals surface area contributed by atoms with Gasteiger partial charge >= 0.3 is 6.21 Å². The maximum Gasteiger partial charge on any atom is 0.375 e. The third kappa shape index (κ3) is 3.62. The second-order valence-corrected chi connectivity index (χ2v) is 1.37. The number of hydrogen-bond donors (Lipinski definition) is 1. The third-order valence-electron chi connectivity index (χ3n) is 0.434. The topological polar surface area (TPSA) is 64.2 Å². The largest absolute Gasteiger partial charge is 0.375 e. The molecule has 0 amide bonds. The smallest absolute Gasteiger partial charge is 0.357 e. The molecule has 44 valence electrons. The Morgan fingerprint density at radius 3 is 3.00 bits per heavy atom. The van der Waals surface area contributed by atoms with Gasteiger partial charge in [0.15, 0.2) is 0 Å². The molecule has 0 aromatic rings. The van der Waals surface area contributed by atoms with E-state index < -0.39 is 0 Å². The van der Waals surface area contributed by atoms with Crippen LogP contribution in [-0.2, 0) is 9.32 Å². The Bertz CT molecular complexity index is 129. The van der Waals surface area contributed by atoms with Crippen LogP contribution in [0.2, 0.25) is 0 Å². The molecular formula is C3H6N2O2P+. The first-order valence-electron chi connectivity index (χ1n) is 1.85. The fourth-order valence-electron chi connectivity index (χ4n) is 0.191. The van der Waals surface area contributed by atoms with Gasteiger partial charge < -0.3 is 4.52 Å². The molecule has 4 nitrogen and oxygen atoms in total. The first-order chi connectivity index (χ1) is 3.81. The molecule has 0 aliphatic heterocycles. The molecular weight excluding hydrogens is 127 g/mol. The summed E-state index contributed by atoms with van der Waals surface area (Å²) in [6.07, 6.45) is 0.893. The molecule has 0 aromatic carbocycles. The lowest BCUT2D eigenvalue weighted by Crippen LogP contribution is -2.05.